The van der Waals surface area contributed by atoms with Crippen molar-refractivity contribution < 1.29 is 0 Å². The topological polar surface area (TPSA) is 33.1 Å². The van der Waals surface area contributed by atoms with E-state index in [9.17, 15) is 0 Å². The predicted molar refractivity (Wildman–Crippen MR) is 88.4 cm³/mol. The van der Waals surface area contributed by atoms with Gasteiger partial charge in [0.15, 0.2) is 0 Å². The normalized spacial score (nSPS) is 28.0. The number of rotatable bonds is 6. The minimum atomic E-state index is 0.297. The Labute approximate surface area is 129 Å². The van der Waals surface area contributed by atoms with Gasteiger partial charge in [-0.05, 0) is 58.8 Å². The van der Waals surface area contributed by atoms with Gasteiger partial charge in [-0.2, -0.15) is 5.10 Å². The van der Waals surface area contributed by atoms with Gasteiger partial charge in [-0.15, -0.1) is 0 Å². The smallest absolute Gasteiger partial charge is 0.0492 e. The van der Waals surface area contributed by atoms with Gasteiger partial charge in [-0.1, -0.05) is 19.8 Å². The number of aryl methyl sites for hydroxylation is 2. The number of nitrogens with one attached hydrogen (secondary N) is 1. The van der Waals surface area contributed by atoms with Gasteiger partial charge in [0.1, 0.15) is 0 Å². The molecule has 120 valence electrons. The maximum atomic E-state index is 4.28. The molecule has 0 spiro atoms. The van der Waals surface area contributed by atoms with Gasteiger partial charge in [0, 0.05) is 30.5 Å². The molecule has 1 heterocycles. The zero-order valence-electron chi connectivity index (χ0n) is 14.4. The fourth-order valence-electron chi connectivity index (χ4n) is 4.22. The zero-order valence-corrected chi connectivity index (χ0v) is 14.4. The molecule has 3 unspecified atom stereocenters. The number of nitrogens with zero attached hydrogens (tertiary/aromatic N) is 3. The Balaban J connectivity index is 2.10. The Morgan fingerprint density at radius 3 is 2.81 bits per heavy atom. The van der Waals surface area contributed by atoms with Crippen molar-refractivity contribution >= 4 is 0 Å². The summed E-state index contributed by atoms with van der Waals surface area (Å²) in [5.41, 5.74) is 1.62. The van der Waals surface area contributed by atoms with Crippen molar-refractivity contribution in [2.75, 3.05) is 21.1 Å². The number of aromatic nitrogens is 2. The van der Waals surface area contributed by atoms with E-state index in [0.29, 0.717) is 11.6 Å². The monoisotopic (exact) mass is 292 g/mol. The van der Waals surface area contributed by atoms with Gasteiger partial charge in [0.2, 0.25) is 0 Å². The van der Waals surface area contributed by atoms with E-state index in [0.717, 1.165) is 12.3 Å². The molecule has 1 fully saturated rings. The molecule has 0 aromatic carbocycles. The molecule has 3 atom stereocenters. The SMILES string of the molecule is CNC(CCc1ccnn1C)C1(N(C)C)CCCC(C)C1. The van der Waals surface area contributed by atoms with Crippen LogP contribution in [0.3, 0.4) is 0 Å². The van der Waals surface area contributed by atoms with Crippen LogP contribution in [-0.2, 0) is 13.5 Å². The standard InChI is InChI=1S/C17H32N4/c1-14-7-6-11-17(13-14,20(3)4)16(18-2)9-8-15-10-12-19-21(15)5/h10,12,14,16,18H,6-9,11,13H2,1-5H3. The maximum absolute atomic E-state index is 4.28. The van der Waals surface area contributed by atoms with Crippen LogP contribution in [0.15, 0.2) is 12.3 Å². The highest BCUT2D eigenvalue weighted by molar-refractivity contribution is 5.05. The molecular weight excluding hydrogens is 260 g/mol. The van der Waals surface area contributed by atoms with Crippen molar-refractivity contribution in [2.24, 2.45) is 13.0 Å². The summed E-state index contributed by atoms with van der Waals surface area (Å²) in [4.78, 5) is 2.48. The first-order valence-electron chi connectivity index (χ1n) is 8.31. The van der Waals surface area contributed by atoms with Crippen LogP contribution >= 0.6 is 0 Å². The highest BCUT2D eigenvalue weighted by Crippen LogP contribution is 2.39. The largest absolute Gasteiger partial charge is 0.315 e. The van der Waals surface area contributed by atoms with E-state index in [1.807, 2.05) is 17.9 Å². The third-order valence-corrected chi connectivity index (χ3v) is 5.51. The molecule has 0 amide bonds. The summed E-state index contributed by atoms with van der Waals surface area (Å²) in [7, 11) is 8.67. The van der Waals surface area contributed by atoms with E-state index in [-0.39, 0.29) is 0 Å². The summed E-state index contributed by atoms with van der Waals surface area (Å²) in [6, 6.07) is 2.67. The molecule has 1 aromatic heterocycles. The lowest BCUT2D eigenvalue weighted by atomic mass is 9.70. The fraction of sp³-hybridized carbons (Fsp3) is 0.824. The molecule has 0 saturated heterocycles. The fourth-order valence-corrected chi connectivity index (χ4v) is 4.22. The lowest BCUT2D eigenvalue weighted by Gasteiger charge is -2.50. The molecule has 1 aliphatic rings. The summed E-state index contributed by atoms with van der Waals surface area (Å²) in [5.74, 6) is 0.828. The highest BCUT2D eigenvalue weighted by Gasteiger charge is 2.42. The van der Waals surface area contributed by atoms with Crippen molar-refractivity contribution in [2.45, 2.75) is 57.0 Å². The van der Waals surface area contributed by atoms with Crippen LogP contribution in [0.5, 0.6) is 0 Å². The van der Waals surface area contributed by atoms with Crippen molar-refractivity contribution in [3.05, 3.63) is 18.0 Å². The van der Waals surface area contributed by atoms with E-state index in [4.69, 9.17) is 0 Å². The molecular formula is C17H32N4. The summed E-state index contributed by atoms with van der Waals surface area (Å²) >= 11 is 0. The second-order valence-corrected chi connectivity index (χ2v) is 7.03. The molecule has 4 nitrogen and oxygen atoms in total. The molecule has 0 bridgehead atoms. The Kier molecular flexibility index (Phi) is 5.44. The molecule has 0 aliphatic heterocycles. The van der Waals surface area contributed by atoms with E-state index in [1.165, 1.54) is 37.8 Å². The first kappa shape index (κ1) is 16.5. The molecule has 1 N–H and O–H groups in total. The zero-order chi connectivity index (χ0) is 15.5. The van der Waals surface area contributed by atoms with Gasteiger partial charge in [-0.3, -0.25) is 4.68 Å². The van der Waals surface area contributed by atoms with Crippen molar-refractivity contribution in [3.8, 4) is 0 Å². The van der Waals surface area contributed by atoms with Gasteiger partial charge in [0.25, 0.3) is 0 Å². The Hall–Kier alpha value is -0.870. The second kappa shape index (κ2) is 6.93. The second-order valence-electron chi connectivity index (χ2n) is 7.03. The Bertz CT molecular complexity index is 440. The van der Waals surface area contributed by atoms with E-state index >= 15 is 0 Å². The summed E-state index contributed by atoms with van der Waals surface area (Å²) in [6.07, 6.45) is 9.50. The van der Waals surface area contributed by atoms with Gasteiger partial charge in [0.05, 0.1) is 0 Å². The van der Waals surface area contributed by atoms with E-state index in [1.54, 1.807) is 0 Å². The third-order valence-electron chi connectivity index (χ3n) is 5.51. The van der Waals surface area contributed by atoms with Crippen LogP contribution in [0.4, 0.5) is 0 Å². The first-order valence-corrected chi connectivity index (χ1v) is 8.31. The third kappa shape index (κ3) is 3.49. The van der Waals surface area contributed by atoms with Crippen LogP contribution in [0.1, 0.15) is 44.7 Å². The molecule has 1 saturated carbocycles. The molecule has 2 rings (SSSR count). The maximum Gasteiger partial charge on any atom is 0.0492 e. The number of hydrogen-bond acceptors (Lipinski definition) is 3. The van der Waals surface area contributed by atoms with Crippen LogP contribution < -0.4 is 5.32 Å². The lowest BCUT2D eigenvalue weighted by molar-refractivity contribution is 0.0369. The van der Waals surface area contributed by atoms with Crippen molar-refractivity contribution in [3.63, 3.8) is 0 Å². The van der Waals surface area contributed by atoms with Crippen molar-refractivity contribution in [1.82, 2.24) is 20.0 Å². The molecule has 1 aromatic rings. The minimum absolute atomic E-state index is 0.297. The Morgan fingerprint density at radius 1 is 1.52 bits per heavy atom. The summed E-state index contributed by atoms with van der Waals surface area (Å²) in [5, 5.41) is 7.91. The van der Waals surface area contributed by atoms with Gasteiger partial charge in [-0.25, -0.2) is 0 Å². The van der Waals surface area contributed by atoms with Gasteiger partial charge >= 0.3 is 0 Å². The van der Waals surface area contributed by atoms with Crippen molar-refractivity contribution in [1.29, 1.82) is 0 Å². The first-order chi connectivity index (χ1) is 9.99. The number of likely N-dealkylation sites (N-methyl/N-ethyl adjacent to an activating group) is 2. The number of hydrogen-bond donors (Lipinski definition) is 1. The molecule has 4 heteroatoms. The molecule has 1 aliphatic carbocycles. The lowest BCUT2D eigenvalue weighted by Crippen LogP contribution is -2.60. The quantitative estimate of drug-likeness (QED) is 0.874. The minimum Gasteiger partial charge on any atom is -0.315 e. The average Bonchev–Trinajstić information content (AvgIpc) is 2.85. The van der Waals surface area contributed by atoms with Gasteiger partial charge < -0.3 is 10.2 Å². The molecule has 21 heavy (non-hydrogen) atoms. The van der Waals surface area contributed by atoms with Crippen LogP contribution in [0.25, 0.3) is 0 Å². The Morgan fingerprint density at radius 2 is 2.29 bits per heavy atom. The van der Waals surface area contributed by atoms with E-state index in [2.05, 4.69) is 49.4 Å². The predicted octanol–water partition coefficient (Wildman–Crippen LogP) is 2.45. The van der Waals surface area contributed by atoms with Crippen LogP contribution in [0.2, 0.25) is 0 Å². The summed E-state index contributed by atoms with van der Waals surface area (Å²) < 4.78 is 2.00. The highest BCUT2D eigenvalue weighted by atomic mass is 15.3. The average molecular weight is 292 g/mol. The molecule has 0 radical (unpaired) electrons. The van der Waals surface area contributed by atoms with Crippen LogP contribution in [0, 0.1) is 5.92 Å². The van der Waals surface area contributed by atoms with E-state index < -0.39 is 0 Å². The summed E-state index contributed by atoms with van der Waals surface area (Å²) in [6.45, 7) is 2.41. The van der Waals surface area contributed by atoms with Crippen LogP contribution in [-0.4, -0.2) is 47.4 Å².